The van der Waals surface area contributed by atoms with E-state index in [2.05, 4.69) is 22.7 Å². The predicted octanol–water partition coefficient (Wildman–Crippen LogP) is 1.94. The van der Waals surface area contributed by atoms with Crippen molar-refractivity contribution in [1.82, 2.24) is 16.2 Å². The first-order chi connectivity index (χ1) is 12.3. The lowest BCUT2D eigenvalue weighted by molar-refractivity contribution is -0.127. The van der Waals surface area contributed by atoms with Crippen LogP contribution in [0, 0.1) is 6.92 Å². The van der Waals surface area contributed by atoms with E-state index >= 15 is 0 Å². The fourth-order valence-electron chi connectivity index (χ4n) is 2.13. The van der Waals surface area contributed by atoms with Crippen LogP contribution in [-0.4, -0.2) is 23.7 Å². The minimum absolute atomic E-state index is 0.275. The minimum Gasteiger partial charge on any atom is -0.481 e. The Morgan fingerprint density at radius 2 is 2.08 bits per heavy atom. The van der Waals surface area contributed by atoms with Crippen LogP contribution in [0.4, 0.5) is 0 Å². The molecule has 1 atom stereocenters. The Morgan fingerprint density at radius 3 is 2.77 bits per heavy atom. The third-order valence-electron chi connectivity index (χ3n) is 3.45. The number of hydrogen-bond donors (Lipinski definition) is 3. The van der Waals surface area contributed by atoms with Crippen LogP contribution in [0.2, 0.25) is 0 Å². The van der Waals surface area contributed by atoms with Gasteiger partial charge in [0.15, 0.2) is 11.2 Å². The fourth-order valence-corrected chi connectivity index (χ4v) is 2.25. The van der Waals surface area contributed by atoms with E-state index in [4.69, 9.17) is 21.4 Å². The van der Waals surface area contributed by atoms with E-state index in [0.29, 0.717) is 17.9 Å². The summed E-state index contributed by atoms with van der Waals surface area (Å²) in [6.45, 7) is 9.53. The van der Waals surface area contributed by atoms with E-state index in [0.717, 1.165) is 16.5 Å². The predicted molar refractivity (Wildman–Crippen MR) is 104 cm³/mol. The molecular weight excluding hydrogens is 354 g/mol. The van der Waals surface area contributed by atoms with Gasteiger partial charge in [-0.1, -0.05) is 12.2 Å². The number of amides is 1. The van der Waals surface area contributed by atoms with Gasteiger partial charge in [0.25, 0.3) is 5.91 Å². The van der Waals surface area contributed by atoms with Crippen molar-refractivity contribution in [3.63, 3.8) is 0 Å². The van der Waals surface area contributed by atoms with Crippen LogP contribution in [0.5, 0.6) is 5.75 Å². The molecule has 2 aromatic rings. The van der Waals surface area contributed by atoms with Gasteiger partial charge in [-0.3, -0.25) is 15.6 Å². The number of carbonyl (C=O) groups is 1. The molecule has 8 heteroatoms. The zero-order chi connectivity index (χ0) is 19.3. The molecule has 0 bridgehead atoms. The molecule has 0 aliphatic rings. The molecule has 26 heavy (non-hydrogen) atoms. The largest absolute Gasteiger partial charge is 0.481 e. The number of benzene rings is 1. The second-order valence-corrected chi connectivity index (χ2v) is 6.33. The SMILES string of the molecule is C=C(C)CNC(=S)NNC(=O)[C@H](C)Oc1ccc2c(C)cc(=O)oc2c1. The number of ether oxygens (including phenoxy) is 1. The number of thiocarbonyl (C=S) groups is 1. The van der Waals surface area contributed by atoms with Crippen LogP contribution in [-0.2, 0) is 4.79 Å². The van der Waals surface area contributed by atoms with Gasteiger partial charge in [0, 0.05) is 24.1 Å². The Morgan fingerprint density at radius 1 is 1.35 bits per heavy atom. The molecule has 1 aromatic carbocycles. The summed E-state index contributed by atoms with van der Waals surface area (Å²) in [4.78, 5) is 23.6. The van der Waals surface area contributed by atoms with Crippen molar-refractivity contribution in [2.75, 3.05) is 6.54 Å². The van der Waals surface area contributed by atoms with Crippen LogP contribution in [0.25, 0.3) is 11.0 Å². The van der Waals surface area contributed by atoms with Gasteiger partial charge in [-0.05, 0) is 50.7 Å². The van der Waals surface area contributed by atoms with E-state index in [9.17, 15) is 9.59 Å². The first kappa shape index (κ1) is 19.5. The number of nitrogens with one attached hydrogen (secondary N) is 3. The summed E-state index contributed by atoms with van der Waals surface area (Å²) >= 11 is 5.02. The van der Waals surface area contributed by atoms with Crippen molar-refractivity contribution >= 4 is 34.2 Å². The fraction of sp³-hybridized carbons (Fsp3) is 0.278. The summed E-state index contributed by atoms with van der Waals surface area (Å²) < 4.78 is 10.8. The smallest absolute Gasteiger partial charge is 0.336 e. The van der Waals surface area contributed by atoms with Crippen LogP contribution >= 0.6 is 12.2 Å². The molecule has 0 unspecified atom stereocenters. The van der Waals surface area contributed by atoms with Crippen molar-refractivity contribution in [2.45, 2.75) is 26.9 Å². The molecule has 1 heterocycles. The number of hydrazine groups is 1. The number of aryl methyl sites for hydroxylation is 1. The van der Waals surface area contributed by atoms with Gasteiger partial charge in [-0.2, -0.15) is 0 Å². The van der Waals surface area contributed by atoms with Crippen molar-refractivity contribution in [2.24, 2.45) is 0 Å². The van der Waals surface area contributed by atoms with E-state index < -0.39 is 17.6 Å². The first-order valence-electron chi connectivity index (χ1n) is 7.95. The highest BCUT2D eigenvalue weighted by molar-refractivity contribution is 7.80. The lowest BCUT2D eigenvalue weighted by atomic mass is 10.1. The molecule has 0 saturated carbocycles. The second-order valence-electron chi connectivity index (χ2n) is 5.92. The highest BCUT2D eigenvalue weighted by atomic mass is 32.1. The molecule has 2 rings (SSSR count). The zero-order valence-electron chi connectivity index (χ0n) is 14.8. The number of rotatable bonds is 5. The number of hydrogen-bond acceptors (Lipinski definition) is 5. The molecule has 1 aromatic heterocycles. The van der Waals surface area contributed by atoms with Gasteiger partial charge >= 0.3 is 5.63 Å². The Kier molecular flexibility index (Phi) is 6.35. The summed E-state index contributed by atoms with van der Waals surface area (Å²) in [5, 5.41) is 3.96. The number of carbonyl (C=O) groups excluding carboxylic acids is 1. The van der Waals surface area contributed by atoms with E-state index in [1.165, 1.54) is 6.07 Å². The first-order valence-corrected chi connectivity index (χ1v) is 8.36. The average molecular weight is 375 g/mol. The third kappa shape index (κ3) is 5.32. The van der Waals surface area contributed by atoms with E-state index in [1.807, 2.05) is 13.8 Å². The molecule has 0 saturated heterocycles. The molecular formula is C18H21N3O4S. The Hall–Kier alpha value is -2.87. The van der Waals surface area contributed by atoms with Gasteiger partial charge in [0.05, 0.1) is 0 Å². The quantitative estimate of drug-likeness (QED) is 0.318. The summed E-state index contributed by atoms with van der Waals surface area (Å²) in [7, 11) is 0. The normalized spacial score (nSPS) is 11.5. The second kappa shape index (κ2) is 8.48. The Balaban J connectivity index is 1.96. The van der Waals surface area contributed by atoms with Crippen LogP contribution in [0.15, 0.2) is 45.6 Å². The van der Waals surface area contributed by atoms with E-state index in [-0.39, 0.29) is 5.11 Å². The molecule has 138 valence electrons. The van der Waals surface area contributed by atoms with Crippen molar-refractivity contribution in [3.05, 3.63) is 52.4 Å². The van der Waals surface area contributed by atoms with Gasteiger partial charge in [-0.15, -0.1) is 0 Å². The average Bonchev–Trinajstić information content (AvgIpc) is 2.57. The van der Waals surface area contributed by atoms with Gasteiger partial charge in [0.2, 0.25) is 0 Å². The highest BCUT2D eigenvalue weighted by Gasteiger charge is 2.15. The lowest BCUT2D eigenvalue weighted by Gasteiger charge is -2.16. The maximum atomic E-state index is 12.1. The van der Waals surface area contributed by atoms with Gasteiger partial charge in [-0.25, -0.2) is 4.79 Å². The van der Waals surface area contributed by atoms with Crippen molar-refractivity contribution < 1.29 is 13.9 Å². The molecule has 0 fully saturated rings. The monoisotopic (exact) mass is 375 g/mol. The third-order valence-corrected chi connectivity index (χ3v) is 3.70. The van der Waals surface area contributed by atoms with Gasteiger partial charge < -0.3 is 14.5 Å². The van der Waals surface area contributed by atoms with Gasteiger partial charge in [0.1, 0.15) is 11.3 Å². The topological polar surface area (TPSA) is 92.6 Å². The van der Waals surface area contributed by atoms with Crippen LogP contribution in [0.1, 0.15) is 19.4 Å². The molecule has 7 nitrogen and oxygen atoms in total. The maximum absolute atomic E-state index is 12.1. The summed E-state index contributed by atoms with van der Waals surface area (Å²) in [6.07, 6.45) is -0.791. The summed E-state index contributed by atoms with van der Waals surface area (Å²) in [5.74, 6) is 0.00662. The Labute approximate surface area is 156 Å². The highest BCUT2D eigenvalue weighted by Crippen LogP contribution is 2.22. The lowest BCUT2D eigenvalue weighted by Crippen LogP contribution is -2.50. The maximum Gasteiger partial charge on any atom is 0.336 e. The van der Waals surface area contributed by atoms with E-state index in [1.54, 1.807) is 25.1 Å². The van der Waals surface area contributed by atoms with Crippen LogP contribution < -0.4 is 26.5 Å². The standard InChI is InChI=1S/C18H21N3O4S/c1-10(2)9-19-18(26)21-20-17(23)12(4)24-13-5-6-14-11(3)7-16(22)25-15(14)8-13/h5-8,12H,1,9H2,2-4H3,(H,20,23)(H2,19,21,26)/t12-/m0/s1. The zero-order valence-corrected chi connectivity index (χ0v) is 15.7. The minimum atomic E-state index is -0.791. The van der Waals surface area contributed by atoms with Crippen molar-refractivity contribution in [1.29, 1.82) is 0 Å². The summed E-state index contributed by atoms with van der Waals surface area (Å²) in [6, 6.07) is 6.50. The Bertz CT molecular complexity index is 907. The molecule has 0 aliphatic carbocycles. The molecule has 3 N–H and O–H groups in total. The molecule has 1 amide bonds. The molecule has 0 aliphatic heterocycles. The van der Waals surface area contributed by atoms with Crippen molar-refractivity contribution in [3.8, 4) is 5.75 Å². The molecule has 0 radical (unpaired) electrons. The molecule has 0 spiro atoms. The summed E-state index contributed by atoms with van der Waals surface area (Å²) in [5.41, 5.74) is 6.75. The van der Waals surface area contributed by atoms with Crippen LogP contribution in [0.3, 0.4) is 0 Å². The number of fused-ring (bicyclic) bond motifs is 1.